The lowest BCUT2D eigenvalue weighted by atomic mass is 10.1. The average Bonchev–Trinajstić information content (AvgIpc) is 3.26. The third kappa shape index (κ3) is 3.57. The maximum atomic E-state index is 12.3. The third-order valence-electron chi connectivity index (χ3n) is 4.04. The predicted molar refractivity (Wildman–Crippen MR) is 97.2 cm³/mol. The smallest absolute Gasteiger partial charge is 0.262 e. The highest BCUT2D eigenvalue weighted by molar-refractivity contribution is 6.01. The number of carbonyl (C=O) groups excluding carboxylic acids is 1. The Bertz CT molecular complexity index is 977. The third-order valence-corrected chi connectivity index (χ3v) is 4.04. The topological polar surface area (TPSA) is 83.9 Å². The normalized spacial score (nSPS) is 11.2. The highest BCUT2D eigenvalue weighted by Gasteiger charge is 2.14. The summed E-state index contributed by atoms with van der Waals surface area (Å²) in [6.07, 6.45) is 6.63. The molecule has 26 heavy (non-hydrogen) atoms. The molecule has 0 bridgehead atoms. The zero-order valence-corrected chi connectivity index (χ0v) is 14.6. The first-order valence-corrected chi connectivity index (χ1v) is 8.12. The number of pyridine rings is 1. The lowest BCUT2D eigenvalue weighted by Crippen LogP contribution is -2.23. The van der Waals surface area contributed by atoms with Crippen LogP contribution in [0.5, 0.6) is 0 Å². The van der Waals surface area contributed by atoms with Crippen molar-refractivity contribution in [1.29, 1.82) is 5.26 Å². The molecule has 0 spiro atoms. The molecule has 3 aromatic heterocycles. The van der Waals surface area contributed by atoms with Gasteiger partial charge in [-0.15, -0.1) is 0 Å². The van der Waals surface area contributed by atoms with Gasteiger partial charge in [-0.2, -0.15) is 5.26 Å². The predicted octanol–water partition coefficient (Wildman–Crippen LogP) is 3.31. The highest BCUT2D eigenvalue weighted by Crippen LogP contribution is 2.22. The van der Waals surface area contributed by atoms with Crippen molar-refractivity contribution in [3.63, 3.8) is 0 Å². The summed E-state index contributed by atoms with van der Waals surface area (Å²) < 4.78 is 7.21. The molecule has 0 fully saturated rings. The molecule has 0 aromatic carbocycles. The minimum atomic E-state index is -0.435. The Morgan fingerprint density at radius 3 is 2.88 bits per heavy atom. The van der Waals surface area contributed by atoms with E-state index < -0.39 is 5.91 Å². The van der Waals surface area contributed by atoms with Crippen molar-refractivity contribution in [2.24, 2.45) is 0 Å². The van der Waals surface area contributed by atoms with E-state index >= 15 is 0 Å². The molecule has 3 rings (SSSR count). The molecule has 6 heteroatoms. The van der Waals surface area contributed by atoms with Crippen molar-refractivity contribution < 1.29 is 9.21 Å². The molecule has 0 saturated heterocycles. The van der Waals surface area contributed by atoms with Gasteiger partial charge < -0.3 is 14.3 Å². The van der Waals surface area contributed by atoms with Gasteiger partial charge in [0.05, 0.1) is 24.7 Å². The summed E-state index contributed by atoms with van der Waals surface area (Å²) in [6.45, 7) is 4.15. The van der Waals surface area contributed by atoms with Crippen LogP contribution in [-0.4, -0.2) is 15.5 Å². The number of rotatable bonds is 5. The van der Waals surface area contributed by atoms with Crippen molar-refractivity contribution in [2.75, 3.05) is 0 Å². The van der Waals surface area contributed by atoms with Gasteiger partial charge in [-0.3, -0.25) is 9.78 Å². The zero-order valence-electron chi connectivity index (χ0n) is 14.6. The van der Waals surface area contributed by atoms with Gasteiger partial charge >= 0.3 is 0 Å². The van der Waals surface area contributed by atoms with Crippen LogP contribution in [0.1, 0.15) is 22.7 Å². The van der Waals surface area contributed by atoms with Crippen LogP contribution >= 0.6 is 0 Å². The van der Waals surface area contributed by atoms with Gasteiger partial charge in [-0.25, -0.2) is 0 Å². The zero-order chi connectivity index (χ0) is 18.5. The van der Waals surface area contributed by atoms with Crippen molar-refractivity contribution >= 4 is 12.0 Å². The summed E-state index contributed by atoms with van der Waals surface area (Å²) in [6, 6.07) is 11.3. The van der Waals surface area contributed by atoms with E-state index in [2.05, 4.69) is 10.3 Å². The fourth-order valence-electron chi connectivity index (χ4n) is 2.80. The molecule has 1 N–H and O–H groups in total. The highest BCUT2D eigenvalue weighted by atomic mass is 16.3. The van der Waals surface area contributed by atoms with E-state index in [-0.39, 0.29) is 12.1 Å². The Morgan fingerprint density at radius 1 is 1.38 bits per heavy atom. The summed E-state index contributed by atoms with van der Waals surface area (Å²) in [5.41, 5.74) is 3.72. The molecular formula is C20H18N4O2. The molecule has 0 aliphatic heterocycles. The van der Waals surface area contributed by atoms with E-state index in [1.165, 1.54) is 6.26 Å². The number of hydrogen-bond donors (Lipinski definition) is 1. The summed E-state index contributed by atoms with van der Waals surface area (Å²) in [5.74, 6) is 0.195. The van der Waals surface area contributed by atoms with Crippen LogP contribution in [0.15, 0.2) is 59.0 Å². The van der Waals surface area contributed by atoms with Crippen LogP contribution in [0, 0.1) is 25.2 Å². The first-order chi connectivity index (χ1) is 12.6. The van der Waals surface area contributed by atoms with Crippen molar-refractivity contribution in [3.05, 3.63) is 77.3 Å². The fraction of sp³-hybridized carbons (Fsp3) is 0.150. The molecule has 0 saturated carbocycles. The van der Waals surface area contributed by atoms with E-state index in [1.54, 1.807) is 30.6 Å². The molecule has 3 heterocycles. The van der Waals surface area contributed by atoms with Crippen LogP contribution in [-0.2, 0) is 11.3 Å². The number of nitriles is 1. The minimum Gasteiger partial charge on any atom is -0.467 e. The van der Waals surface area contributed by atoms with Crippen LogP contribution in [0.3, 0.4) is 0 Å². The SMILES string of the molecule is Cc1cc(/C=C(\C#N)C(=O)NCc2ccco2)c(C)n1-c1cccnc1. The molecule has 3 aromatic rings. The first kappa shape index (κ1) is 17.2. The van der Waals surface area contributed by atoms with Crippen LogP contribution in [0.2, 0.25) is 0 Å². The van der Waals surface area contributed by atoms with Gasteiger partial charge in [-0.1, -0.05) is 0 Å². The summed E-state index contributed by atoms with van der Waals surface area (Å²) in [5, 5.41) is 12.1. The lowest BCUT2D eigenvalue weighted by Gasteiger charge is -2.08. The molecule has 6 nitrogen and oxygen atoms in total. The number of furan rings is 1. The van der Waals surface area contributed by atoms with Gasteiger partial charge in [0, 0.05) is 17.6 Å². The maximum absolute atomic E-state index is 12.3. The van der Waals surface area contributed by atoms with Crippen LogP contribution in [0.4, 0.5) is 0 Å². The number of carbonyl (C=O) groups is 1. The molecule has 0 aliphatic carbocycles. The molecule has 0 atom stereocenters. The number of hydrogen-bond acceptors (Lipinski definition) is 4. The van der Waals surface area contributed by atoms with Gasteiger partial charge in [0.2, 0.25) is 0 Å². The van der Waals surface area contributed by atoms with E-state index in [1.807, 2.05) is 42.7 Å². The molecular weight excluding hydrogens is 328 g/mol. The van der Waals surface area contributed by atoms with Crippen molar-refractivity contribution in [2.45, 2.75) is 20.4 Å². The van der Waals surface area contributed by atoms with E-state index in [4.69, 9.17) is 4.42 Å². The van der Waals surface area contributed by atoms with E-state index in [9.17, 15) is 10.1 Å². The lowest BCUT2D eigenvalue weighted by molar-refractivity contribution is -0.117. The second-order valence-electron chi connectivity index (χ2n) is 5.80. The Labute approximate surface area is 151 Å². The van der Waals surface area contributed by atoms with Gasteiger partial charge in [0.15, 0.2) is 0 Å². The van der Waals surface area contributed by atoms with Gasteiger partial charge in [0.25, 0.3) is 5.91 Å². The summed E-state index contributed by atoms with van der Waals surface area (Å²) in [4.78, 5) is 16.4. The standard InChI is InChI=1S/C20H18N4O2/c1-14-9-16(15(2)24(14)18-5-3-7-22-12-18)10-17(11-21)20(25)23-13-19-6-4-8-26-19/h3-10,12H,13H2,1-2H3,(H,23,25)/b17-10+. The largest absolute Gasteiger partial charge is 0.467 e. The summed E-state index contributed by atoms with van der Waals surface area (Å²) in [7, 11) is 0. The maximum Gasteiger partial charge on any atom is 0.262 e. The Hall–Kier alpha value is -3.59. The first-order valence-electron chi connectivity index (χ1n) is 8.12. The van der Waals surface area contributed by atoms with Gasteiger partial charge in [-0.05, 0) is 55.8 Å². The number of aryl methyl sites for hydroxylation is 1. The molecule has 1 amide bonds. The molecule has 130 valence electrons. The minimum absolute atomic E-state index is 0.0444. The fourth-order valence-corrected chi connectivity index (χ4v) is 2.80. The quantitative estimate of drug-likeness (QED) is 0.567. The van der Waals surface area contributed by atoms with Crippen molar-refractivity contribution in [1.82, 2.24) is 14.9 Å². The van der Waals surface area contributed by atoms with Crippen LogP contribution < -0.4 is 5.32 Å². The number of aromatic nitrogens is 2. The van der Waals surface area contributed by atoms with Crippen LogP contribution in [0.25, 0.3) is 11.8 Å². The average molecular weight is 346 g/mol. The molecule has 0 aliphatic rings. The second-order valence-corrected chi connectivity index (χ2v) is 5.80. The molecule has 0 unspecified atom stereocenters. The monoisotopic (exact) mass is 346 g/mol. The summed E-state index contributed by atoms with van der Waals surface area (Å²) >= 11 is 0. The van der Waals surface area contributed by atoms with Crippen molar-refractivity contribution in [3.8, 4) is 11.8 Å². The number of amides is 1. The van der Waals surface area contributed by atoms with Gasteiger partial charge in [0.1, 0.15) is 17.4 Å². The number of nitrogens with zero attached hydrogens (tertiary/aromatic N) is 3. The van der Waals surface area contributed by atoms with E-state index in [0.29, 0.717) is 5.76 Å². The van der Waals surface area contributed by atoms with E-state index in [0.717, 1.165) is 22.6 Å². The number of nitrogens with one attached hydrogen (secondary N) is 1. The second kappa shape index (κ2) is 7.53. The Balaban J connectivity index is 1.85. The Kier molecular flexibility index (Phi) is 4.99. The molecule has 0 radical (unpaired) electrons. The Morgan fingerprint density at radius 2 is 2.23 bits per heavy atom.